The average Bonchev–Trinajstić information content (AvgIpc) is 3.20. The second kappa shape index (κ2) is 8.10. The Bertz CT molecular complexity index is 1280. The maximum atomic E-state index is 14.0. The van der Waals surface area contributed by atoms with E-state index in [-0.39, 0.29) is 23.8 Å². The van der Waals surface area contributed by atoms with Crippen LogP contribution in [-0.4, -0.2) is 25.5 Å². The lowest BCUT2D eigenvalue weighted by atomic mass is 10.2. The van der Waals surface area contributed by atoms with E-state index in [2.05, 4.69) is 36.4 Å². The minimum Gasteiger partial charge on any atom is -0.485 e. The van der Waals surface area contributed by atoms with Gasteiger partial charge in [-0.05, 0) is 54.9 Å². The van der Waals surface area contributed by atoms with Gasteiger partial charge in [-0.3, -0.25) is 14.3 Å². The lowest BCUT2D eigenvalue weighted by Gasteiger charge is -2.11. The van der Waals surface area contributed by atoms with Crippen molar-refractivity contribution < 1.29 is 18.3 Å². The van der Waals surface area contributed by atoms with Crippen LogP contribution in [0.2, 0.25) is 0 Å². The number of nitrogens with zero attached hydrogens (tertiary/aromatic N) is 3. The first kappa shape index (κ1) is 21.0. The molecular weight excluding hydrogens is 472 g/mol. The number of carbonyl (C=O) groups excluding carboxylic acids is 1. The van der Waals surface area contributed by atoms with E-state index in [0.29, 0.717) is 32.9 Å². The summed E-state index contributed by atoms with van der Waals surface area (Å²) in [5.41, 5.74) is 2.93. The Morgan fingerprint density at radius 2 is 1.94 bits per heavy atom. The highest BCUT2D eigenvalue weighted by atomic mass is 79.9. The van der Waals surface area contributed by atoms with E-state index in [1.807, 2.05) is 0 Å². The highest BCUT2D eigenvalue weighted by Gasteiger charge is 2.22. The van der Waals surface area contributed by atoms with Crippen LogP contribution >= 0.6 is 15.9 Å². The molecule has 2 N–H and O–H groups in total. The van der Waals surface area contributed by atoms with Crippen LogP contribution in [0.4, 0.5) is 14.5 Å². The first-order valence-electron chi connectivity index (χ1n) is 9.33. The average molecular weight is 490 g/mol. The minimum absolute atomic E-state index is 0.187. The van der Waals surface area contributed by atoms with E-state index >= 15 is 0 Å². The number of ether oxygens (including phenoxy) is 1. The van der Waals surface area contributed by atoms with Crippen molar-refractivity contribution in [3.8, 4) is 5.75 Å². The molecular formula is C21H18BrF2N5O2. The highest BCUT2D eigenvalue weighted by Crippen LogP contribution is 2.29. The van der Waals surface area contributed by atoms with Crippen LogP contribution in [0.5, 0.6) is 5.75 Å². The number of hydrogen-bond donors (Lipinski definition) is 2. The summed E-state index contributed by atoms with van der Waals surface area (Å²) >= 11 is 3.39. The molecule has 0 aliphatic heterocycles. The van der Waals surface area contributed by atoms with Crippen LogP contribution in [0.1, 0.15) is 33.1 Å². The molecule has 3 heterocycles. The predicted octanol–water partition coefficient (Wildman–Crippen LogP) is 4.85. The zero-order valence-corrected chi connectivity index (χ0v) is 18.5. The smallest absolute Gasteiger partial charge is 0.274 e. The van der Waals surface area contributed by atoms with Gasteiger partial charge in [-0.25, -0.2) is 13.8 Å². The van der Waals surface area contributed by atoms with Crippen molar-refractivity contribution in [3.05, 3.63) is 74.9 Å². The van der Waals surface area contributed by atoms with Crippen LogP contribution in [-0.2, 0) is 6.61 Å². The number of benzene rings is 1. The molecule has 0 saturated heterocycles. The molecule has 0 spiro atoms. The third-order valence-electron chi connectivity index (χ3n) is 4.84. The first-order chi connectivity index (χ1) is 14.8. The van der Waals surface area contributed by atoms with Crippen LogP contribution in [0, 0.1) is 32.4 Å². The molecule has 1 amide bonds. The number of halogens is 3. The normalized spacial score (nSPS) is 11.2. The van der Waals surface area contributed by atoms with Gasteiger partial charge in [-0.1, -0.05) is 6.07 Å². The fraction of sp³-hybridized carbons (Fsp3) is 0.190. The third kappa shape index (κ3) is 3.90. The second-order valence-electron chi connectivity index (χ2n) is 7.01. The quantitative estimate of drug-likeness (QED) is 0.419. The van der Waals surface area contributed by atoms with Crippen molar-refractivity contribution in [2.24, 2.45) is 0 Å². The molecule has 4 rings (SSSR count). The Hall–Kier alpha value is -3.27. The van der Waals surface area contributed by atoms with Gasteiger partial charge < -0.3 is 10.1 Å². The number of carbonyl (C=O) groups is 1. The Balaban J connectivity index is 1.71. The van der Waals surface area contributed by atoms with E-state index in [1.54, 1.807) is 37.4 Å². The second-order valence-corrected chi connectivity index (χ2v) is 7.93. The number of anilines is 1. The highest BCUT2D eigenvalue weighted by molar-refractivity contribution is 9.10. The summed E-state index contributed by atoms with van der Waals surface area (Å²) in [5, 5.41) is 9.76. The van der Waals surface area contributed by atoms with Gasteiger partial charge in [0.2, 0.25) is 0 Å². The van der Waals surface area contributed by atoms with Crippen LogP contribution < -0.4 is 10.1 Å². The summed E-state index contributed by atoms with van der Waals surface area (Å²) < 4.78 is 35.8. The van der Waals surface area contributed by atoms with Crippen LogP contribution in [0.3, 0.4) is 0 Å². The number of H-pyrrole nitrogens is 1. The van der Waals surface area contributed by atoms with Gasteiger partial charge in [0.25, 0.3) is 5.91 Å². The lowest BCUT2D eigenvalue weighted by molar-refractivity contribution is 0.102. The Morgan fingerprint density at radius 1 is 1.23 bits per heavy atom. The zero-order chi connectivity index (χ0) is 22.3. The van der Waals surface area contributed by atoms with E-state index in [0.717, 1.165) is 5.69 Å². The van der Waals surface area contributed by atoms with Gasteiger partial charge in [-0.15, -0.1) is 0 Å². The number of pyridine rings is 1. The number of amides is 1. The molecule has 0 fully saturated rings. The molecule has 0 atom stereocenters. The molecule has 160 valence electrons. The van der Waals surface area contributed by atoms with Crippen molar-refractivity contribution in [1.82, 2.24) is 19.6 Å². The van der Waals surface area contributed by atoms with E-state index in [9.17, 15) is 13.6 Å². The van der Waals surface area contributed by atoms with Crippen molar-refractivity contribution in [2.75, 3.05) is 5.32 Å². The van der Waals surface area contributed by atoms with Gasteiger partial charge in [0.1, 0.15) is 23.9 Å². The number of imidazole rings is 1. The SMILES string of the molecule is Cc1n[nH]c(C)c1NC(=O)c1c(C)nc2c(OCc3c(F)cccc3F)cc(Br)cn12. The molecule has 31 heavy (non-hydrogen) atoms. The van der Waals surface area contributed by atoms with Crippen molar-refractivity contribution in [2.45, 2.75) is 27.4 Å². The Kier molecular flexibility index (Phi) is 5.48. The van der Waals surface area contributed by atoms with Crippen LogP contribution in [0.15, 0.2) is 34.9 Å². The Labute approximate surface area is 184 Å². The summed E-state index contributed by atoms with van der Waals surface area (Å²) in [6.45, 7) is 4.96. The molecule has 3 aromatic heterocycles. The summed E-state index contributed by atoms with van der Waals surface area (Å²) in [6, 6.07) is 5.25. The summed E-state index contributed by atoms with van der Waals surface area (Å²) in [4.78, 5) is 17.5. The van der Waals surface area contributed by atoms with Gasteiger partial charge >= 0.3 is 0 Å². The molecule has 0 aliphatic rings. The van der Waals surface area contributed by atoms with Gasteiger partial charge in [-0.2, -0.15) is 5.10 Å². The first-order valence-corrected chi connectivity index (χ1v) is 10.1. The van der Waals surface area contributed by atoms with Gasteiger partial charge in [0, 0.05) is 10.7 Å². The summed E-state index contributed by atoms with van der Waals surface area (Å²) in [5.74, 6) is -1.50. The molecule has 0 unspecified atom stereocenters. The van der Waals surface area contributed by atoms with Gasteiger partial charge in [0.05, 0.1) is 28.3 Å². The van der Waals surface area contributed by atoms with Crippen LogP contribution in [0.25, 0.3) is 5.65 Å². The molecule has 10 heteroatoms. The maximum absolute atomic E-state index is 14.0. The van der Waals surface area contributed by atoms with E-state index < -0.39 is 11.6 Å². The van der Waals surface area contributed by atoms with E-state index in [1.165, 1.54) is 18.2 Å². The number of aromatic nitrogens is 4. The molecule has 7 nitrogen and oxygen atoms in total. The maximum Gasteiger partial charge on any atom is 0.274 e. The zero-order valence-electron chi connectivity index (χ0n) is 16.9. The molecule has 0 radical (unpaired) electrons. The van der Waals surface area contributed by atoms with Crippen molar-refractivity contribution in [1.29, 1.82) is 0 Å². The lowest BCUT2D eigenvalue weighted by Crippen LogP contribution is -2.16. The summed E-state index contributed by atoms with van der Waals surface area (Å²) in [6.07, 6.45) is 1.68. The summed E-state index contributed by atoms with van der Waals surface area (Å²) in [7, 11) is 0. The van der Waals surface area contributed by atoms with E-state index in [4.69, 9.17) is 4.74 Å². The third-order valence-corrected chi connectivity index (χ3v) is 5.28. The number of hydrogen-bond acceptors (Lipinski definition) is 4. The molecule has 0 saturated carbocycles. The fourth-order valence-electron chi connectivity index (χ4n) is 3.30. The number of nitrogens with one attached hydrogen (secondary N) is 2. The van der Waals surface area contributed by atoms with Crippen molar-refractivity contribution >= 4 is 33.2 Å². The largest absolute Gasteiger partial charge is 0.485 e. The molecule has 0 aliphatic carbocycles. The number of aromatic amines is 1. The number of rotatable bonds is 5. The number of aryl methyl sites for hydroxylation is 3. The topological polar surface area (TPSA) is 84.3 Å². The van der Waals surface area contributed by atoms with Gasteiger partial charge in [0.15, 0.2) is 11.4 Å². The standard InChI is InChI=1S/C21H18BrF2N5O2/c1-10-18(11(2)28-27-10)26-21(30)19-12(3)25-20-17(7-13(22)8-29(19)20)31-9-14-15(23)5-4-6-16(14)24/h4-8H,9H2,1-3H3,(H,26,30)(H,27,28). The fourth-order valence-corrected chi connectivity index (χ4v) is 3.72. The molecule has 0 bridgehead atoms. The number of fused-ring (bicyclic) bond motifs is 1. The minimum atomic E-state index is -0.698. The molecule has 1 aromatic carbocycles. The Morgan fingerprint density at radius 3 is 2.58 bits per heavy atom. The van der Waals surface area contributed by atoms with Crippen molar-refractivity contribution in [3.63, 3.8) is 0 Å². The molecule has 4 aromatic rings. The predicted molar refractivity (Wildman–Crippen MR) is 114 cm³/mol. The monoisotopic (exact) mass is 489 g/mol.